The number of anilines is 1. The number of rotatable bonds is 2. The monoisotopic (exact) mass is 225 g/mol. The van der Waals surface area contributed by atoms with Crippen molar-refractivity contribution in [3.63, 3.8) is 0 Å². The quantitative estimate of drug-likeness (QED) is 0.721. The van der Waals surface area contributed by atoms with E-state index in [9.17, 15) is 4.79 Å². The predicted molar refractivity (Wildman–Crippen MR) is 59.9 cm³/mol. The Balaban J connectivity index is 2.23. The Kier molecular flexibility index (Phi) is 3.23. The van der Waals surface area contributed by atoms with Gasteiger partial charge in [-0.3, -0.25) is 4.79 Å². The number of hydrogen-bond acceptors (Lipinski definition) is 3. The Hall–Kier alpha value is -1.06. The molecule has 1 aliphatic heterocycles. The number of hydrogen-bond donors (Lipinski definition) is 0. The first-order valence-corrected chi connectivity index (χ1v) is 5.26. The van der Waals surface area contributed by atoms with E-state index in [1.165, 1.54) is 0 Å². The van der Waals surface area contributed by atoms with E-state index in [2.05, 4.69) is 4.90 Å². The minimum absolute atomic E-state index is 0.502. The van der Waals surface area contributed by atoms with Crippen molar-refractivity contribution in [1.29, 1.82) is 0 Å². The van der Waals surface area contributed by atoms with Crippen molar-refractivity contribution in [2.24, 2.45) is 0 Å². The molecule has 0 spiro atoms. The minimum Gasteiger partial charge on any atom is -0.378 e. The average molecular weight is 226 g/mol. The fourth-order valence-corrected chi connectivity index (χ4v) is 1.80. The van der Waals surface area contributed by atoms with Crippen molar-refractivity contribution in [3.8, 4) is 0 Å². The fraction of sp³-hybridized carbons (Fsp3) is 0.364. The van der Waals surface area contributed by atoms with E-state index in [1.807, 2.05) is 12.1 Å². The average Bonchev–Trinajstić information content (AvgIpc) is 2.31. The molecule has 2 rings (SSSR count). The largest absolute Gasteiger partial charge is 0.378 e. The molecule has 0 atom stereocenters. The molecule has 0 N–H and O–H groups in total. The van der Waals surface area contributed by atoms with Gasteiger partial charge in [0, 0.05) is 24.3 Å². The maximum absolute atomic E-state index is 10.7. The number of nitrogens with zero attached hydrogens (tertiary/aromatic N) is 1. The summed E-state index contributed by atoms with van der Waals surface area (Å²) in [6.07, 6.45) is 0.784. The van der Waals surface area contributed by atoms with Gasteiger partial charge in [0.15, 0.2) is 6.29 Å². The van der Waals surface area contributed by atoms with Gasteiger partial charge < -0.3 is 9.64 Å². The van der Waals surface area contributed by atoms with Crippen LogP contribution in [0.15, 0.2) is 18.2 Å². The molecule has 80 valence electrons. The Bertz CT molecular complexity index is 362. The van der Waals surface area contributed by atoms with Crippen LogP contribution in [0.3, 0.4) is 0 Å². The Labute approximate surface area is 93.6 Å². The molecule has 1 aromatic carbocycles. The fourth-order valence-electron chi connectivity index (χ4n) is 1.64. The van der Waals surface area contributed by atoms with Gasteiger partial charge in [0.05, 0.1) is 18.2 Å². The van der Waals surface area contributed by atoms with Crippen molar-refractivity contribution in [1.82, 2.24) is 0 Å². The van der Waals surface area contributed by atoms with Crippen LogP contribution in [0.4, 0.5) is 5.69 Å². The van der Waals surface area contributed by atoms with Gasteiger partial charge in [0.25, 0.3) is 0 Å². The number of carbonyl (C=O) groups excluding carboxylic acids is 1. The zero-order valence-electron chi connectivity index (χ0n) is 8.28. The highest BCUT2D eigenvalue weighted by Gasteiger charge is 2.12. The summed E-state index contributed by atoms with van der Waals surface area (Å²) in [4.78, 5) is 12.9. The summed E-state index contributed by atoms with van der Waals surface area (Å²) in [5.41, 5.74) is 1.57. The van der Waals surface area contributed by atoms with Crippen LogP contribution in [-0.2, 0) is 4.74 Å². The van der Waals surface area contributed by atoms with Crippen LogP contribution in [-0.4, -0.2) is 32.6 Å². The van der Waals surface area contributed by atoms with Crippen LogP contribution in [0, 0.1) is 0 Å². The van der Waals surface area contributed by atoms with Crippen molar-refractivity contribution in [2.75, 3.05) is 31.2 Å². The first kappa shape index (κ1) is 10.5. The first-order chi connectivity index (χ1) is 7.31. The van der Waals surface area contributed by atoms with E-state index in [0.29, 0.717) is 10.6 Å². The van der Waals surface area contributed by atoms with Gasteiger partial charge in [-0.05, 0) is 18.2 Å². The van der Waals surface area contributed by atoms with E-state index < -0.39 is 0 Å². The maximum Gasteiger partial charge on any atom is 0.151 e. The molecule has 0 bridgehead atoms. The molecule has 0 radical (unpaired) electrons. The third-order valence-corrected chi connectivity index (χ3v) is 2.83. The van der Waals surface area contributed by atoms with Gasteiger partial charge in [-0.25, -0.2) is 0 Å². The molecule has 1 aliphatic rings. The summed E-state index contributed by atoms with van der Waals surface area (Å²) in [5.74, 6) is 0. The number of ether oxygens (including phenoxy) is 1. The Morgan fingerprint density at radius 1 is 1.33 bits per heavy atom. The number of halogens is 1. The van der Waals surface area contributed by atoms with Crippen molar-refractivity contribution in [2.45, 2.75) is 0 Å². The molecule has 0 aliphatic carbocycles. The molecule has 1 fully saturated rings. The highest BCUT2D eigenvalue weighted by atomic mass is 35.5. The molecule has 0 saturated carbocycles. The second kappa shape index (κ2) is 4.64. The highest BCUT2D eigenvalue weighted by molar-refractivity contribution is 6.33. The third kappa shape index (κ3) is 2.30. The second-order valence-electron chi connectivity index (χ2n) is 3.42. The summed E-state index contributed by atoms with van der Waals surface area (Å²) < 4.78 is 5.26. The van der Waals surface area contributed by atoms with Gasteiger partial charge in [0.2, 0.25) is 0 Å². The molecule has 0 aromatic heterocycles. The van der Waals surface area contributed by atoms with E-state index in [-0.39, 0.29) is 0 Å². The van der Waals surface area contributed by atoms with E-state index in [0.717, 1.165) is 38.3 Å². The smallest absolute Gasteiger partial charge is 0.151 e. The molecular formula is C11H12ClNO2. The topological polar surface area (TPSA) is 29.5 Å². The van der Waals surface area contributed by atoms with E-state index in [1.54, 1.807) is 6.07 Å². The Morgan fingerprint density at radius 3 is 2.73 bits per heavy atom. The van der Waals surface area contributed by atoms with Gasteiger partial charge in [0.1, 0.15) is 0 Å². The van der Waals surface area contributed by atoms with Crippen LogP contribution >= 0.6 is 11.6 Å². The van der Waals surface area contributed by atoms with Crippen molar-refractivity contribution in [3.05, 3.63) is 28.8 Å². The minimum atomic E-state index is 0.502. The van der Waals surface area contributed by atoms with Gasteiger partial charge >= 0.3 is 0 Å². The number of benzene rings is 1. The summed E-state index contributed by atoms with van der Waals surface area (Å²) in [5, 5.41) is 0.502. The number of morpholine rings is 1. The zero-order chi connectivity index (χ0) is 10.7. The molecule has 0 unspecified atom stereocenters. The lowest BCUT2D eigenvalue weighted by atomic mass is 10.2. The van der Waals surface area contributed by atoms with Crippen molar-refractivity contribution >= 4 is 23.6 Å². The van der Waals surface area contributed by atoms with Crippen LogP contribution in [0.1, 0.15) is 10.4 Å². The molecule has 1 aromatic rings. The molecule has 0 amide bonds. The number of aldehydes is 1. The standard InChI is InChI=1S/C11H12ClNO2/c12-11-2-1-10(7-9(11)8-14)13-3-5-15-6-4-13/h1-2,7-8H,3-6H2. The van der Waals surface area contributed by atoms with Gasteiger partial charge in [-0.2, -0.15) is 0 Å². The molecule has 15 heavy (non-hydrogen) atoms. The lowest BCUT2D eigenvalue weighted by molar-refractivity contribution is 0.112. The van der Waals surface area contributed by atoms with Crippen LogP contribution in [0.5, 0.6) is 0 Å². The van der Waals surface area contributed by atoms with Gasteiger partial charge in [-0.15, -0.1) is 0 Å². The van der Waals surface area contributed by atoms with E-state index >= 15 is 0 Å². The SMILES string of the molecule is O=Cc1cc(N2CCOCC2)ccc1Cl. The lowest BCUT2D eigenvalue weighted by Crippen LogP contribution is -2.36. The molecule has 1 heterocycles. The maximum atomic E-state index is 10.7. The molecular weight excluding hydrogens is 214 g/mol. The molecule has 1 saturated heterocycles. The van der Waals surface area contributed by atoms with Crippen LogP contribution in [0.2, 0.25) is 5.02 Å². The third-order valence-electron chi connectivity index (χ3n) is 2.48. The summed E-state index contributed by atoms with van der Waals surface area (Å²) in [7, 11) is 0. The first-order valence-electron chi connectivity index (χ1n) is 4.88. The van der Waals surface area contributed by atoms with Crippen LogP contribution < -0.4 is 4.90 Å². The van der Waals surface area contributed by atoms with Gasteiger partial charge in [-0.1, -0.05) is 11.6 Å². The van der Waals surface area contributed by atoms with Crippen LogP contribution in [0.25, 0.3) is 0 Å². The second-order valence-corrected chi connectivity index (χ2v) is 3.83. The Morgan fingerprint density at radius 2 is 2.07 bits per heavy atom. The summed E-state index contributed by atoms with van der Waals surface area (Å²) >= 11 is 5.86. The summed E-state index contributed by atoms with van der Waals surface area (Å²) in [6.45, 7) is 3.19. The normalized spacial score (nSPS) is 16.5. The summed E-state index contributed by atoms with van der Waals surface area (Å²) in [6, 6.07) is 5.51. The lowest BCUT2D eigenvalue weighted by Gasteiger charge is -2.29. The zero-order valence-corrected chi connectivity index (χ0v) is 9.04. The highest BCUT2D eigenvalue weighted by Crippen LogP contribution is 2.22. The predicted octanol–water partition coefficient (Wildman–Crippen LogP) is 1.99. The van der Waals surface area contributed by atoms with Crippen molar-refractivity contribution < 1.29 is 9.53 Å². The molecule has 4 heteroatoms. The van der Waals surface area contributed by atoms with E-state index in [4.69, 9.17) is 16.3 Å². The molecule has 3 nitrogen and oxygen atoms in total. The number of carbonyl (C=O) groups is 1.